The minimum atomic E-state index is -1.03. The first-order valence-electron chi connectivity index (χ1n) is 6.70. The fraction of sp³-hybridized carbons (Fsp3) is 0.125. The Balaban J connectivity index is 1.93. The predicted molar refractivity (Wildman–Crippen MR) is 90.5 cm³/mol. The highest BCUT2D eigenvalue weighted by atomic mass is 35.5. The summed E-state index contributed by atoms with van der Waals surface area (Å²) >= 11 is 12.1. The molecule has 5 nitrogen and oxygen atoms in total. The van der Waals surface area contributed by atoms with E-state index in [9.17, 15) is 4.79 Å². The van der Waals surface area contributed by atoms with E-state index >= 15 is 0 Å². The van der Waals surface area contributed by atoms with E-state index in [1.54, 1.807) is 42.6 Å². The van der Waals surface area contributed by atoms with E-state index in [0.717, 1.165) is 11.1 Å². The first-order valence-corrected chi connectivity index (χ1v) is 7.45. The quantitative estimate of drug-likeness (QED) is 0.590. The van der Waals surface area contributed by atoms with Gasteiger partial charge >= 0.3 is 5.97 Å². The number of ether oxygens (including phenoxy) is 1. The Hall–Kier alpha value is -2.24. The normalized spacial score (nSPS) is 10.7. The van der Waals surface area contributed by atoms with Crippen molar-refractivity contribution in [3.63, 3.8) is 0 Å². The van der Waals surface area contributed by atoms with Crippen molar-refractivity contribution in [1.82, 2.24) is 5.43 Å². The number of hydrogen-bond acceptors (Lipinski definition) is 4. The van der Waals surface area contributed by atoms with Crippen molar-refractivity contribution in [2.75, 3.05) is 6.61 Å². The monoisotopic (exact) mass is 352 g/mol. The van der Waals surface area contributed by atoms with Crippen LogP contribution in [0.1, 0.15) is 11.1 Å². The van der Waals surface area contributed by atoms with Gasteiger partial charge in [-0.1, -0.05) is 41.4 Å². The highest BCUT2D eigenvalue weighted by molar-refractivity contribution is 6.35. The van der Waals surface area contributed by atoms with Gasteiger partial charge in [0.25, 0.3) is 0 Å². The van der Waals surface area contributed by atoms with E-state index in [4.69, 9.17) is 33.0 Å². The molecule has 0 aromatic heterocycles. The third-order valence-corrected chi connectivity index (χ3v) is 3.55. The number of carboxylic acids is 1. The van der Waals surface area contributed by atoms with Crippen LogP contribution in [0.2, 0.25) is 10.0 Å². The molecule has 0 unspecified atom stereocenters. The van der Waals surface area contributed by atoms with E-state index in [0.29, 0.717) is 22.3 Å². The molecule has 0 aliphatic rings. The van der Waals surface area contributed by atoms with Crippen LogP contribution in [0.15, 0.2) is 47.6 Å². The van der Waals surface area contributed by atoms with Crippen LogP contribution in [0, 0.1) is 0 Å². The number of carbonyl (C=O) groups is 1. The lowest BCUT2D eigenvalue weighted by atomic mass is 10.2. The Bertz CT molecular complexity index is 700. The molecule has 0 bridgehead atoms. The Kier molecular flexibility index (Phi) is 6.26. The van der Waals surface area contributed by atoms with E-state index in [-0.39, 0.29) is 6.61 Å². The molecular weight excluding hydrogens is 339 g/mol. The zero-order valence-corrected chi connectivity index (χ0v) is 13.5. The van der Waals surface area contributed by atoms with Crippen LogP contribution in [0.3, 0.4) is 0 Å². The van der Waals surface area contributed by atoms with Crippen molar-refractivity contribution in [2.45, 2.75) is 6.54 Å². The number of carboxylic acid groups (broad SMARTS) is 1. The van der Waals surface area contributed by atoms with Gasteiger partial charge in [0.15, 0.2) is 6.61 Å². The summed E-state index contributed by atoms with van der Waals surface area (Å²) in [4.78, 5) is 10.5. The van der Waals surface area contributed by atoms with E-state index < -0.39 is 5.97 Å². The maximum absolute atomic E-state index is 10.5. The molecule has 2 rings (SSSR count). The van der Waals surface area contributed by atoms with E-state index in [1.165, 1.54) is 0 Å². The molecule has 0 amide bonds. The van der Waals surface area contributed by atoms with Crippen LogP contribution in [-0.4, -0.2) is 23.9 Å². The van der Waals surface area contributed by atoms with Gasteiger partial charge in [0.1, 0.15) is 5.75 Å². The lowest BCUT2D eigenvalue weighted by molar-refractivity contribution is -0.139. The number of halogens is 2. The molecule has 7 heteroatoms. The fourth-order valence-electron chi connectivity index (χ4n) is 1.78. The molecule has 120 valence electrons. The number of nitrogens with zero attached hydrogens (tertiary/aromatic N) is 1. The summed E-state index contributed by atoms with van der Waals surface area (Å²) in [6.07, 6.45) is 1.60. The maximum Gasteiger partial charge on any atom is 0.341 e. The Morgan fingerprint density at radius 2 is 1.91 bits per heavy atom. The molecule has 0 aliphatic heterocycles. The second kappa shape index (κ2) is 8.41. The molecule has 23 heavy (non-hydrogen) atoms. The third-order valence-electron chi connectivity index (χ3n) is 2.84. The first kappa shape index (κ1) is 17.1. The van der Waals surface area contributed by atoms with Gasteiger partial charge in [-0.25, -0.2) is 4.79 Å². The molecule has 0 fully saturated rings. The predicted octanol–water partition coefficient (Wildman–Crippen LogP) is 3.58. The molecule has 0 saturated carbocycles. The van der Waals surface area contributed by atoms with Crippen LogP contribution in [0.5, 0.6) is 5.75 Å². The molecule has 0 spiro atoms. The van der Waals surface area contributed by atoms with Gasteiger partial charge in [-0.05, 0) is 29.8 Å². The highest BCUT2D eigenvalue weighted by Gasteiger charge is 2.04. The van der Waals surface area contributed by atoms with Crippen molar-refractivity contribution in [2.24, 2.45) is 5.10 Å². The summed E-state index contributed by atoms with van der Waals surface area (Å²) in [5.74, 6) is -0.562. The molecule has 0 atom stereocenters. The van der Waals surface area contributed by atoms with Crippen LogP contribution < -0.4 is 10.2 Å². The molecule has 0 aliphatic carbocycles. The smallest absolute Gasteiger partial charge is 0.341 e. The van der Waals surface area contributed by atoms with Crippen LogP contribution in [0.25, 0.3) is 0 Å². The number of aliphatic carboxylic acids is 1. The van der Waals surface area contributed by atoms with Crippen LogP contribution >= 0.6 is 23.2 Å². The summed E-state index contributed by atoms with van der Waals surface area (Å²) in [5.41, 5.74) is 4.41. The summed E-state index contributed by atoms with van der Waals surface area (Å²) < 4.78 is 5.10. The summed E-state index contributed by atoms with van der Waals surface area (Å²) in [7, 11) is 0. The van der Waals surface area contributed by atoms with Crippen molar-refractivity contribution in [1.29, 1.82) is 0 Å². The summed E-state index contributed by atoms with van der Waals surface area (Å²) in [6, 6.07) is 12.2. The van der Waals surface area contributed by atoms with E-state index in [2.05, 4.69) is 10.5 Å². The number of hydrogen-bond donors (Lipinski definition) is 2. The van der Waals surface area contributed by atoms with Crippen molar-refractivity contribution >= 4 is 35.4 Å². The minimum Gasteiger partial charge on any atom is -0.482 e. The largest absolute Gasteiger partial charge is 0.482 e. The van der Waals surface area contributed by atoms with Gasteiger partial charge in [-0.15, -0.1) is 0 Å². The van der Waals surface area contributed by atoms with E-state index in [1.807, 2.05) is 6.07 Å². The number of rotatable bonds is 7. The highest BCUT2D eigenvalue weighted by Crippen LogP contribution is 2.23. The number of nitrogens with one attached hydrogen (secondary N) is 1. The second-order valence-electron chi connectivity index (χ2n) is 4.55. The molecule has 2 N–H and O–H groups in total. The molecule has 2 aromatic rings. The van der Waals surface area contributed by atoms with Crippen molar-refractivity contribution in [3.8, 4) is 5.75 Å². The molecule has 2 aromatic carbocycles. The summed E-state index contributed by atoms with van der Waals surface area (Å²) in [5, 5.41) is 13.8. The lowest BCUT2D eigenvalue weighted by Gasteiger charge is -2.06. The standard InChI is InChI=1S/C16H14Cl2N2O3/c17-14-5-2-6-15(18)13(14)9-20-19-8-11-3-1-4-12(7-11)23-10-16(21)22/h1-8,20H,9-10H2,(H,21,22)/b19-8-. The van der Waals surface area contributed by atoms with Crippen molar-refractivity contribution in [3.05, 3.63) is 63.6 Å². The van der Waals surface area contributed by atoms with Crippen LogP contribution in [0.4, 0.5) is 0 Å². The fourth-order valence-corrected chi connectivity index (χ4v) is 2.31. The van der Waals surface area contributed by atoms with Gasteiger partial charge in [0, 0.05) is 15.6 Å². The van der Waals surface area contributed by atoms with Crippen molar-refractivity contribution < 1.29 is 14.6 Å². The van der Waals surface area contributed by atoms with Gasteiger partial charge in [-0.3, -0.25) is 0 Å². The van der Waals surface area contributed by atoms with Gasteiger partial charge in [0.05, 0.1) is 12.8 Å². The van der Waals surface area contributed by atoms with Crippen LogP contribution in [-0.2, 0) is 11.3 Å². The Labute approximate surface area is 143 Å². The minimum absolute atomic E-state index is 0.385. The first-order chi connectivity index (χ1) is 11.1. The Morgan fingerprint density at radius 1 is 1.22 bits per heavy atom. The average Bonchev–Trinajstić information content (AvgIpc) is 2.52. The Morgan fingerprint density at radius 3 is 2.61 bits per heavy atom. The average molecular weight is 353 g/mol. The zero-order valence-electron chi connectivity index (χ0n) is 12.0. The maximum atomic E-state index is 10.5. The SMILES string of the molecule is O=C(O)COc1cccc(/C=N\NCc2c(Cl)cccc2Cl)c1. The molecular formula is C16H14Cl2N2O3. The van der Waals surface area contributed by atoms with Gasteiger partial charge < -0.3 is 15.3 Å². The van der Waals surface area contributed by atoms with Gasteiger partial charge in [-0.2, -0.15) is 5.10 Å². The van der Waals surface area contributed by atoms with Gasteiger partial charge in [0.2, 0.25) is 0 Å². The summed E-state index contributed by atoms with van der Waals surface area (Å²) in [6.45, 7) is 0.00800. The third kappa shape index (κ3) is 5.47. The number of benzene rings is 2. The lowest BCUT2D eigenvalue weighted by Crippen LogP contribution is -2.09. The molecule has 0 saturated heterocycles. The molecule has 0 heterocycles. The molecule has 0 radical (unpaired) electrons. The second-order valence-corrected chi connectivity index (χ2v) is 5.36. The topological polar surface area (TPSA) is 70.9 Å². The zero-order chi connectivity index (χ0) is 16.7. The number of hydrazone groups is 1.